The number of carbonyl (C=O) groups is 1. The summed E-state index contributed by atoms with van der Waals surface area (Å²) in [5.74, 6) is -0.386. The lowest BCUT2D eigenvalue weighted by Gasteiger charge is -2.24. The number of likely N-dealkylation sites (N-methyl/N-ethyl adjacent to an activating group) is 1. The fourth-order valence-corrected chi connectivity index (χ4v) is 5.88. The molecule has 0 aromatic rings. The predicted octanol–water partition coefficient (Wildman–Crippen LogP) is 13.4. The fourth-order valence-electron chi connectivity index (χ4n) is 5.14. The summed E-state index contributed by atoms with van der Waals surface area (Å²) in [6.45, 7) is 5.21. The number of ether oxygens (including phenoxy) is 2. The van der Waals surface area contributed by atoms with Crippen molar-refractivity contribution in [3.8, 4) is 0 Å². The first-order valence-corrected chi connectivity index (χ1v) is 23.8. The van der Waals surface area contributed by atoms with Crippen LogP contribution < -0.4 is 0 Å². The quantitative estimate of drug-likeness (QED) is 0.0217. The Balaban J connectivity index is 4.40. The minimum Gasteiger partial charge on any atom is -0.457 e. The maximum Gasteiger partial charge on any atom is 0.472 e. The van der Waals surface area contributed by atoms with E-state index in [0.29, 0.717) is 24.1 Å². The van der Waals surface area contributed by atoms with Gasteiger partial charge >= 0.3 is 13.8 Å². The van der Waals surface area contributed by atoms with E-state index in [-0.39, 0.29) is 32.2 Å². The van der Waals surface area contributed by atoms with Crippen LogP contribution in [0.4, 0.5) is 0 Å². The molecule has 0 rings (SSSR count). The number of carbonyl (C=O) groups excluding carboxylic acids is 1. The first-order valence-electron chi connectivity index (χ1n) is 22.3. The Labute approximate surface area is 361 Å². The fraction of sp³-hybridized carbons (Fsp3) is 0.580. The lowest BCUT2D eigenvalue weighted by Crippen LogP contribution is -2.37. The van der Waals surface area contributed by atoms with Gasteiger partial charge in [-0.15, -0.1) is 0 Å². The molecular weight excluding hydrogens is 758 g/mol. The number of esters is 1. The number of allylic oxidation sites excluding steroid dienone is 20. The normalized spacial score (nSPS) is 14.9. The van der Waals surface area contributed by atoms with Gasteiger partial charge < -0.3 is 18.9 Å². The zero-order chi connectivity index (χ0) is 43.4. The van der Waals surface area contributed by atoms with Crippen LogP contribution in [0.25, 0.3) is 0 Å². The Morgan fingerprint density at radius 1 is 0.525 bits per heavy atom. The lowest BCUT2D eigenvalue weighted by atomic mass is 10.1. The number of phosphoric acid groups is 1. The molecule has 334 valence electrons. The average molecular weight is 841 g/mol. The summed E-state index contributed by atoms with van der Waals surface area (Å²) in [5.41, 5.74) is 0. The number of unbranched alkanes of at least 4 members (excludes halogenated alkanes) is 5. The second-order valence-electron chi connectivity index (χ2n) is 15.3. The smallest absolute Gasteiger partial charge is 0.457 e. The monoisotopic (exact) mass is 841 g/mol. The second kappa shape index (κ2) is 41.6. The van der Waals surface area contributed by atoms with E-state index in [9.17, 15) is 14.3 Å². The Hall–Kier alpha value is -3.10. The van der Waals surface area contributed by atoms with Crippen molar-refractivity contribution in [1.82, 2.24) is 0 Å². The molecule has 0 aliphatic rings. The highest BCUT2D eigenvalue weighted by molar-refractivity contribution is 7.47. The van der Waals surface area contributed by atoms with Crippen LogP contribution in [0.1, 0.15) is 129 Å². The topological polar surface area (TPSA) is 91.3 Å². The molecular formula is C50H83NO7P+. The van der Waals surface area contributed by atoms with E-state index in [0.717, 1.165) is 103 Å². The highest BCUT2D eigenvalue weighted by Gasteiger charge is 2.26. The van der Waals surface area contributed by atoms with Crippen LogP contribution in [0.15, 0.2) is 122 Å². The van der Waals surface area contributed by atoms with Crippen molar-refractivity contribution in [1.29, 1.82) is 0 Å². The Morgan fingerprint density at radius 2 is 0.932 bits per heavy atom. The van der Waals surface area contributed by atoms with Gasteiger partial charge in [0.15, 0.2) is 0 Å². The number of nitrogens with zero attached hydrogens (tertiary/aromatic N) is 1. The van der Waals surface area contributed by atoms with Crippen LogP contribution in [0.2, 0.25) is 0 Å². The molecule has 0 aliphatic carbocycles. The molecule has 0 saturated carbocycles. The van der Waals surface area contributed by atoms with E-state index in [2.05, 4.69) is 135 Å². The van der Waals surface area contributed by atoms with Crippen molar-refractivity contribution in [2.45, 2.75) is 136 Å². The summed E-state index contributed by atoms with van der Waals surface area (Å²) < 4.78 is 34.9. The van der Waals surface area contributed by atoms with Crippen LogP contribution in [0.3, 0.4) is 0 Å². The van der Waals surface area contributed by atoms with E-state index in [1.54, 1.807) is 0 Å². The van der Waals surface area contributed by atoms with Crippen LogP contribution in [0.5, 0.6) is 0 Å². The molecule has 1 N–H and O–H groups in total. The van der Waals surface area contributed by atoms with E-state index in [1.165, 1.54) is 0 Å². The number of phosphoric ester groups is 1. The van der Waals surface area contributed by atoms with Gasteiger partial charge in [0.2, 0.25) is 0 Å². The molecule has 0 bridgehead atoms. The zero-order valence-electron chi connectivity index (χ0n) is 37.7. The van der Waals surface area contributed by atoms with E-state index in [1.807, 2.05) is 21.1 Å². The van der Waals surface area contributed by atoms with Gasteiger partial charge in [0.05, 0.1) is 34.4 Å². The number of rotatable bonds is 39. The van der Waals surface area contributed by atoms with Crippen molar-refractivity contribution < 1.29 is 37.3 Å². The van der Waals surface area contributed by atoms with Gasteiger partial charge in [0.25, 0.3) is 0 Å². The molecule has 2 unspecified atom stereocenters. The van der Waals surface area contributed by atoms with Crippen LogP contribution >= 0.6 is 7.82 Å². The molecule has 0 aromatic carbocycles. The molecule has 0 heterocycles. The van der Waals surface area contributed by atoms with Crippen molar-refractivity contribution in [2.24, 2.45) is 0 Å². The number of quaternary nitrogens is 1. The van der Waals surface area contributed by atoms with Gasteiger partial charge in [-0.2, -0.15) is 0 Å². The minimum atomic E-state index is -4.31. The molecule has 0 aliphatic heterocycles. The Morgan fingerprint density at radius 3 is 1.37 bits per heavy atom. The zero-order valence-corrected chi connectivity index (χ0v) is 38.6. The molecule has 0 fully saturated rings. The first-order chi connectivity index (χ1) is 28.6. The molecule has 2 atom stereocenters. The van der Waals surface area contributed by atoms with Crippen molar-refractivity contribution in [2.75, 3.05) is 54.1 Å². The molecule has 8 nitrogen and oxygen atoms in total. The van der Waals surface area contributed by atoms with Gasteiger partial charge in [-0.3, -0.25) is 13.8 Å². The molecule has 0 spiro atoms. The lowest BCUT2D eigenvalue weighted by molar-refractivity contribution is -0.870. The molecule has 0 amide bonds. The van der Waals surface area contributed by atoms with E-state index >= 15 is 0 Å². The second-order valence-corrected chi connectivity index (χ2v) is 16.8. The van der Waals surface area contributed by atoms with E-state index < -0.39 is 13.9 Å². The third-order valence-electron chi connectivity index (χ3n) is 8.52. The summed E-state index contributed by atoms with van der Waals surface area (Å²) in [4.78, 5) is 22.9. The maximum absolute atomic E-state index is 12.7. The summed E-state index contributed by atoms with van der Waals surface area (Å²) in [7, 11) is 1.59. The highest BCUT2D eigenvalue weighted by atomic mass is 31.2. The van der Waals surface area contributed by atoms with Gasteiger partial charge in [0.1, 0.15) is 19.3 Å². The third kappa shape index (κ3) is 45.8. The summed E-state index contributed by atoms with van der Waals surface area (Å²) in [5, 5.41) is 0. The van der Waals surface area contributed by atoms with Gasteiger partial charge in [0, 0.05) is 13.0 Å². The summed E-state index contributed by atoms with van der Waals surface area (Å²) in [6.07, 6.45) is 59.6. The third-order valence-corrected chi connectivity index (χ3v) is 9.50. The molecule has 0 aromatic heterocycles. The summed E-state index contributed by atoms with van der Waals surface area (Å²) >= 11 is 0. The van der Waals surface area contributed by atoms with Gasteiger partial charge in [-0.25, -0.2) is 4.57 Å². The SMILES string of the molecule is CC/C=C\C/C=C\C/C=C\C/C=C\C/C=C\C/C=C\C/C=C\CCCC(=O)OC(COCCCCCC/C=C\C/C=C\C/C=C\CC)COP(=O)(O)OCC[N+](C)(C)C. The number of hydrogen-bond donors (Lipinski definition) is 1. The van der Waals surface area contributed by atoms with Crippen molar-refractivity contribution in [3.05, 3.63) is 122 Å². The van der Waals surface area contributed by atoms with Crippen molar-refractivity contribution in [3.63, 3.8) is 0 Å². The maximum atomic E-state index is 12.7. The standard InChI is InChI=1S/C50H82NO7P/c1-6-8-10-12-14-16-18-20-22-23-24-25-26-27-28-29-30-31-33-35-37-39-41-43-50(52)58-49(48-57-59(53,54)56-46-44-51(3,4)5)47-55-45-42-40-38-36-34-32-21-19-17-15-13-11-9-7-2/h8-11,14-17,20-22,24-25,27-28,30-32,35,37,49H,6-7,12-13,18-19,23,26,29,33-34,36,38-48H2,1-5H3/p+1/b10-8-,11-9-,16-14-,17-15-,22-20-,25-24-,28-27-,31-30-,32-21-,37-35-. The summed E-state index contributed by atoms with van der Waals surface area (Å²) in [6, 6.07) is 0. The van der Waals surface area contributed by atoms with E-state index in [4.69, 9.17) is 18.5 Å². The molecule has 9 heteroatoms. The van der Waals surface area contributed by atoms with Crippen LogP contribution in [0, 0.1) is 0 Å². The largest absolute Gasteiger partial charge is 0.472 e. The van der Waals surface area contributed by atoms with Gasteiger partial charge in [-0.05, 0) is 96.3 Å². The predicted molar refractivity (Wildman–Crippen MR) is 251 cm³/mol. The Kier molecular flexibility index (Phi) is 39.4. The highest BCUT2D eigenvalue weighted by Crippen LogP contribution is 2.43. The van der Waals surface area contributed by atoms with Crippen molar-refractivity contribution >= 4 is 13.8 Å². The Bertz CT molecular complexity index is 1350. The van der Waals surface area contributed by atoms with Gasteiger partial charge in [-0.1, -0.05) is 148 Å². The molecule has 59 heavy (non-hydrogen) atoms. The molecule has 0 radical (unpaired) electrons. The van der Waals surface area contributed by atoms with Crippen LogP contribution in [-0.4, -0.2) is 75.6 Å². The number of hydrogen-bond acceptors (Lipinski definition) is 6. The first kappa shape index (κ1) is 55.9. The average Bonchev–Trinajstić information content (AvgIpc) is 3.19. The van der Waals surface area contributed by atoms with Crippen LogP contribution in [-0.2, 0) is 27.9 Å². The molecule has 0 saturated heterocycles. The minimum absolute atomic E-state index is 0.0651.